The van der Waals surface area contributed by atoms with E-state index in [-0.39, 0.29) is 5.56 Å². The fraction of sp³-hybridized carbons (Fsp3) is 0.579. The molecule has 6 heteroatoms. The molecule has 2 rings (SSSR count). The van der Waals surface area contributed by atoms with E-state index in [1.807, 2.05) is 6.08 Å². The third kappa shape index (κ3) is 6.33. The van der Waals surface area contributed by atoms with Crippen LogP contribution in [-0.2, 0) is 0 Å². The zero-order chi connectivity index (χ0) is 18.4. The van der Waals surface area contributed by atoms with E-state index in [2.05, 4.69) is 11.7 Å². The van der Waals surface area contributed by atoms with Gasteiger partial charge >= 0.3 is 6.36 Å². The standard InChI is InChI=1S/C19H23F5O/c1-2-13-7-9-14(10-8-13)5-3-4-6-15-11-16(20)18(17(21)12-15)25-19(22,23)24/h4,6,11-14H,2-3,5,7-10H2,1H3/b6-4-. The van der Waals surface area contributed by atoms with Crippen LogP contribution in [-0.4, -0.2) is 6.36 Å². The molecule has 25 heavy (non-hydrogen) atoms. The minimum atomic E-state index is -5.13. The summed E-state index contributed by atoms with van der Waals surface area (Å²) in [5.74, 6) is -2.62. The Hall–Kier alpha value is -1.59. The predicted molar refractivity (Wildman–Crippen MR) is 87.0 cm³/mol. The van der Waals surface area contributed by atoms with Crippen LogP contribution in [0.25, 0.3) is 6.08 Å². The number of hydrogen-bond acceptors (Lipinski definition) is 1. The van der Waals surface area contributed by atoms with Crippen LogP contribution in [0.4, 0.5) is 22.0 Å². The maximum atomic E-state index is 13.6. The van der Waals surface area contributed by atoms with E-state index in [0.717, 1.165) is 30.9 Å². The van der Waals surface area contributed by atoms with E-state index in [9.17, 15) is 22.0 Å². The van der Waals surface area contributed by atoms with Gasteiger partial charge in [0.15, 0.2) is 11.6 Å². The molecule has 1 aliphatic carbocycles. The molecule has 0 amide bonds. The maximum absolute atomic E-state index is 13.6. The second kappa shape index (κ2) is 8.68. The first kappa shape index (κ1) is 19.7. The third-order valence-corrected chi connectivity index (χ3v) is 4.83. The molecule has 1 aromatic carbocycles. The summed E-state index contributed by atoms with van der Waals surface area (Å²) >= 11 is 0. The van der Waals surface area contributed by atoms with Gasteiger partial charge in [-0.25, -0.2) is 8.78 Å². The Morgan fingerprint density at radius 3 is 2.12 bits per heavy atom. The molecule has 0 atom stereocenters. The summed E-state index contributed by atoms with van der Waals surface area (Å²) in [6.45, 7) is 2.22. The number of halogens is 5. The van der Waals surface area contributed by atoms with Crippen LogP contribution in [0.5, 0.6) is 5.75 Å². The van der Waals surface area contributed by atoms with E-state index >= 15 is 0 Å². The molecule has 0 aromatic heterocycles. The van der Waals surface area contributed by atoms with Crippen LogP contribution in [0.1, 0.15) is 57.4 Å². The van der Waals surface area contributed by atoms with Crippen LogP contribution >= 0.6 is 0 Å². The largest absolute Gasteiger partial charge is 0.573 e. The van der Waals surface area contributed by atoms with Crippen molar-refractivity contribution in [2.24, 2.45) is 11.8 Å². The number of hydrogen-bond donors (Lipinski definition) is 0. The van der Waals surface area contributed by atoms with Crippen molar-refractivity contribution < 1.29 is 26.7 Å². The molecule has 0 radical (unpaired) electrons. The Bertz CT molecular complexity index is 563. The molecular weight excluding hydrogens is 339 g/mol. The summed E-state index contributed by atoms with van der Waals surface area (Å²) in [6, 6.07) is 1.68. The van der Waals surface area contributed by atoms with Crippen LogP contribution < -0.4 is 4.74 Å². The van der Waals surface area contributed by atoms with Crippen LogP contribution in [0.2, 0.25) is 0 Å². The Morgan fingerprint density at radius 1 is 1.04 bits per heavy atom. The lowest BCUT2D eigenvalue weighted by Gasteiger charge is -2.27. The van der Waals surface area contributed by atoms with Crippen molar-refractivity contribution >= 4 is 6.08 Å². The molecule has 0 spiro atoms. The molecule has 0 saturated heterocycles. The summed E-state index contributed by atoms with van der Waals surface area (Å²) < 4.78 is 66.9. The highest BCUT2D eigenvalue weighted by Crippen LogP contribution is 2.33. The summed E-state index contributed by atoms with van der Waals surface area (Å²) in [4.78, 5) is 0. The lowest BCUT2D eigenvalue weighted by atomic mass is 9.79. The van der Waals surface area contributed by atoms with Gasteiger partial charge in [-0.2, -0.15) is 0 Å². The van der Waals surface area contributed by atoms with Gasteiger partial charge < -0.3 is 4.74 Å². The fourth-order valence-electron chi connectivity index (χ4n) is 3.37. The molecule has 0 bridgehead atoms. The first-order valence-electron chi connectivity index (χ1n) is 8.69. The highest BCUT2D eigenvalue weighted by Gasteiger charge is 2.34. The zero-order valence-electron chi connectivity index (χ0n) is 14.2. The van der Waals surface area contributed by atoms with Crippen molar-refractivity contribution in [3.8, 4) is 5.75 Å². The quantitative estimate of drug-likeness (QED) is 0.502. The smallest absolute Gasteiger partial charge is 0.399 e. The summed E-state index contributed by atoms with van der Waals surface area (Å²) in [6.07, 6.45) is 6.22. The fourth-order valence-corrected chi connectivity index (χ4v) is 3.37. The number of allylic oxidation sites excluding steroid dienone is 1. The lowest BCUT2D eigenvalue weighted by molar-refractivity contribution is -0.276. The van der Waals surface area contributed by atoms with Gasteiger partial charge in [0.2, 0.25) is 5.75 Å². The maximum Gasteiger partial charge on any atom is 0.573 e. The molecule has 1 fully saturated rings. The molecule has 1 aromatic rings. The van der Waals surface area contributed by atoms with E-state index in [4.69, 9.17) is 0 Å². The molecule has 0 N–H and O–H groups in total. The SMILES string of the molecule is CCC1CCC(CC/C=C\c2cc(F)c(OC(F)(F)F)c(F)c2)CC1. The lowest BCUT2D eigenvalue weighted by Crippen LogP contribution is -2.19. The van der Waals surface area contributed by atoms with Crippen molar-refractivity contribution in [3.63, 3.8) is 0 Å². The molecule has 1 nitrogen and oxygen atoms in total. The average Bonchev–Trinajstić information content (AvgIpc) is 2.55. The molecule has 1 aliphatic rings. The first-order chi connectivity index (χ1) is 11.8. The van der Waals surface area contributed by atoms with Crippen molar-refractivity contribution in [1.82, 2.24) is 0 Å². The van der Waals surface area contributed by atoms with Crippen molar-refractivity contribution in [2.45, 2.75) is 58.2 Å². The van der Waals surface area contributed by atoms with Crippen LogP contribution in [0.15, 0.2) is 18.2 Å². The Balaban J connectivity index is 1.87. The van der Waals surface area contributed by atoms with Crippen molar-refractivity contribution in [3.05, 3.63) is 35.4 Å². The molecule has 0 aliphatic heterocycles. The Labute approximate surface area is 144 Å². The van der Waals surface area contributed by atoms with Gasteiger partial charge in [0, 0.05) is 0 Å². The van der Waals surface area contributed by atoms with E-state index in [0.29, 0.717) is 5.92 Å². The third-order valence-electron chi connectivity index (χ3n) is 4.83. The summed E-state index contributed by atoms with van der Waals surface area (Å²) in [7, 11) is 0. The number of rotatable bonds is 6. The second-order valence-corrected chi connectivity index (χ2v) is 6.64. The average molecular weight is 362 g/mol. The minimum Gasteiger partial charge on any atom is -0.399 e. The van der Waals surface area contributed by atoms with E-state index < -0.39 is 23.7 Å². The van der Waals surface area contributed by atoms with Crippen molar-refractivity contribution in [2.75, 3.05) is 0 Å². The highest BCUT2D eigenvalue weighted by molar-refractivity contribution is 5.51. The molecular formula is C19H23F5O. The van der Waals surface area contributed by atoms with Gasteiger partial charge in [-0.15, -0.1) is 13.2 Å². The molecule has 140 valence electrons. The zero-order valence-corrected chi connectivity index (χ0v) is 14.2. The number of benzene rings is 1. The Kier molecular flexibility index (Phi) is 6.85. The summed E-state index contributed by atoms with van der Waals surface area (Å²) in [5.41, 5.74) is 0.180. The first-order valence-corrected chi connectivity index (χ1v) is 8.69. The van der Waals surface area contributed by atoms with Gasteiger partial charge in [0.25, 0.3) is 0 Å². The number of alkyl halides is 3. The normalized spacial score (nSPS) is 21.7. The van der Waals surface area contributed by atoms with E-state index in [1.165, 1.54) is 38.2 Å². The van der Waals surface area contributed by atoms with Crippen LogP contribution in [0.3, 0.4) is 0 Å². The topological polar surface area (TPSA) is 9.23 Å². The van der Waals surface area contributed by atoms with Gasteiger partial charge in [0.1, 0.15) is 0 Å². The van der Waals surface area contributed by atoms with Gasteiger partial charge in [0.05, 0.1) is 0 Å². The highest BCUT2D eigenvalue weighted by atomic mass is 19.4. The minimum absolute atomic E-state index is 0.180. The second-order valence-electron chi connectivity index (χ2n) is 6.64. The molecule has 1 saturated carbocycles. The van der Waals surface area contributed by atoms with Crippen LogP contribution in [0, 0.1) is 23.5 Å². The van der Waals surface area contributed by atoms with Crippen molar-refractivity contribution in [1.29, 1.82) is 0 Å². The monoisotopic (exact) mass is 362 g/mol. The Morgan fingerprint density at radius 2 is 1.60 bits per heavy atom. The van der Waals surface area contributed by atoms with Gasteiger partial charge in [-0.3, -0.25) is 0 Å². The number of ether oxygens (including phenoxy) is 1. The van der Waals surface area contributed by atoms with Gasteiger partial charge in [-0.05, 0) is 42.4 Å². The summed E-state index contributed by atoms with van der Waals surface area (Å²) in [5, 5.41) is 0. The predicted octanol–water partition coefficient (Wildman–Crippen LogP) is 6.87. The van der Waals surface area contributed by atoms with E-state index in [1.54, 1.807) is 0 Å². The molecule has 0 unspecified atom stereocenters. The van der Waals surface area contributed by atoms with Gasteiger partial charge in [-0.1, -0.05) is 51.2 Å². The molecule has 0 heterocycles.